The molecule has 0 aliphatic heterocycles. The molecule has 0 saturated carbocycles. The molecule has 2 aromatic rings. The molecule has 5 nitrogen and oxygen atoms in total. The zero-order chi connectivity index (χ0) is 18.9. The Bertz CT molecular complexity index is 656. The van der Waals surface area contributed by atoms with Crippen LogP contribution in [-0.2, 0) is 12.8 Å². The maximum Gasteiger partial charge on any atom is 0.315 e. The number of phenolic OH excluding ortho intramolecular Hbond substituents is 1. The molecular weight excluding hydrogens is 346 g/mol. The van der Waals surface area contributed by atoms with Crippen LogP contribution in [0.2, 0.25) is 0 Å². The minimum absolute atomic E-state index is 0.121. The highest BCUT2D eigenvalue weighted by molar-refractivity contribution is 7.07. The van der Waals surface area contributed by atoms with Crippen LogP contribution in [0.15, 0.2) is 41.1 Å². The van der Waals surface area contributed by atoms with E-state index in [0.717, 1.165) is 24.8 Å². The van der Waals surface area contributed by atoms with E-state index in [1.54, 1.807) is 23.5 Å². The molecule has 6 heteroatoms. The summed E-state index contributed by atoms with van der Waals surface area (Å²) >= 11 is 1.68. The molecule has 1 heterocycles. The molecule has 2 atom stereocenters. The first-order chi connectivity index (χ1) is 12.5. The van der Waals surface area contributed by atoms with E-state index in [4.69, 9.17) is 0 Å². The van der Waals surface area contributed by atoms with E-state index < -0.39 is 0 Å². The van der Waals surface area contributed by atoms with Gasteiger partial charge in [0.15, 0.2) is 0 Å². The lowest BCUT2D eigenvalue weighted by Gasteiger charge is -2.25. The van der Waals surface area contributed by atoms with Gasteiger partial charge in [0.25, 0.3) is 0 Å². The third-order valence-electron chi connectivity index (χ3n) is 4.53. The third-order valence-corrected chi connectivity index (χ3v) is 5.26. The van der Waals surface area contributed by atoms with Gasteiger partial charge >= 0.3 is 6.03 Å². The highest BCUT2D eigenvalue weighted by atomic mass is 32.1. The predicted molar refractivity (Wildman–Crippen MR) is 108 cm³/mol. The largest absolute Gasteiger partial charge is 0.508 e. The van der Waals surface area contributed by atoms with Gasteiger partial charge in [0.2, 0.25) is 0 Å². The van der Waals surface area contributed by atoms with Crippen molar-refractivity contribution >= 4 is 17.4 Å². The topological polar surface area (TPSA) is 64.6 Å². The number of urea groups is 1. The molecule has 26 heavy (non-hydrogen) atoms. The molecule has 0 spiro atoms. The van der Waals surface area contributed by atoms with Gasteiger partial charge in [-0.2, -0.15) is 11.3 Å². The van der Waals surface area contributed by atoms with Crippen LogP contribution in [0.1, 0.15) is 24.5 Å². The fourth-order valence-corrected chi connectivity index (χ4v) is 3.46. The Labute approximate surface area is 160 Å². The molecule has 0 radical (unpaired) electrons. The van der Waals surface area contributed by atoms with E-state index in [-0.39, 0.29) is 23.9 Å². The smallest absolute Gasteiger partial charge is 0.315 e. The molecular formula is C20H29N3O2S. The molecule has 2 amide bonds. The fraction of sp³-hybridized carbons (Fsp3) is 0.450. The molecule has 1 aromatic heterocycles. The minimum Gasteiger partial charge on any atom is -0.508 e. The number of nitrogens with zero attached hydrogens (tertiary/aromatic N) is 1. The van der Waals surface area contributed by atoms with Crippen LogP contribution < -0.4 is 10.6 Å². The van der Waals surface area contributed by atoms with Crippen molar-refractivity contribution in [2.45, 2.75) is 38.3 Å². The predicted octanol–water partition coefficient (Wildman–Crippen LogP) is 3.25. The fourth-order valence-electron chi connectivity index (χ4n) is 2.78. The van der Waals surface area contributed by atoms with Crippen LogP contribution in [-0.4, -0.2) is 48.8 Å². The van der Waals surface area contributed by atoms with Gasteiger partial charge in [0.1, 0.15) is 5.75 Å². The summed E-state index contributed by atoms with van der Waals surface area (Å²) < 4.78 is 0. The van der Waals surface area contributed by atoms with Crippen molar-refractivity contribution in [2.24, 2.45) is 0 Å². The Morgan fingerprint density at radius 3 is 2.46 bits per heavy atom. The third kappa shape index (κ3) is 6.69. The van der Waals surface area contributed by atoms with Gasteiger partial charge in [-0.1, -0.05) is 19.1 Å². The molecule has 0 fully saturated rings. The summed E-state index contributed by atoms with van der Waals surface area (Å²) in [5.74, 6) is 0.267. The second kappa shape index (κ2) is 10.2. The summed E-state index contributed by atoms with van der Waals surface area (Å²) in [6.07, 6.45) is 2.56. The van der Waals surface area contributed by atoms with Crippen molar-refractivity contribution in [1.29, 1.82) is 0 Å². The summed E-state index contributed by atoms with van der Waals surface area (Å²) in [6, 6.07) is 9.52. The van der Waals surface area contributed by atoms with Crippen LogP contribution in [0.5, 0.6) is 5.75 Å². The summed E-state index contributed by atoms with van der Waals surface area (Å²) in [4.78, 5) is 14.4. The standard InChI is InChI=1S/C20H29N3O2S/c1-4-17(11-16-9-10-26-14-16)22-20(25)21-13-18(23(2)3)12-15-5-7-19(24)8-6-15/h5-10,14,17-18,24H,4,11-13H2,1-3H3,(H2,21,22,25)/t17?,18-/m0/s1. The molecule has 0 bridgehead atoms. The van der Waals surface area contributed by atoms with E-state index in [0.29, 0.717) is 6.54 Å². The number of hydrogen-bond donors (Lipinski definition) is 3. The Kier molecular flexibility index (Phi) is 7.94. The Morgan fingerprint density at radius 1 is 1.15 bits per heavy atom. The van der Waals surface area contributed by atoms with Crippen LogP contribution in [0.3, 0.4) is 0 Å². The first-order valence-electron chi connectivity index (χ1n) is 8.97. The highest BCUT2D eigenvalue weighted by Crippen LogP contribution is 2.13. The monoisotopic (exact) mass is 375 g/mol. The molecule has 0 aliphatic rings. The van der Waals surface area contributed by atoms with Gasteiger partial charge in [-0.3, -0.25) is 0 Å². The molecule has 3 N–H and O–H groups in total. The lowest BCUT2D eigenvalue weighted by Crippen LogP contribution is -2.48. The SMILES string of the molecule is CCC(Cc1ccsc1)NC(=O)NC[C@H](Cc1ccc(O)cc1)N(C)C. The second-order valence-corrected chi connectivity index (χ2v) is 7.56. The van der Waals surface area contributed by atoms with Crippen molar-refractivity contribution in [3.8, 4) is 5.75 Å². The number of thiophene rings is 1. The quantitative estimate of drug-likeness (QED) is 0.630. The first-order valence-corrected chi connectivity index (χ1v) is 9.92. The maximum absolute atomic E-state index is 12.3. The van der Waals surface area contributed by atoms with Gasteiger partial charge < -0.3 is 20.6 Å². The number of nitrogens with one attached hydrogen (secondary N) is 2. The van der Waals surface area contributed by atoms with E-state index in [2.05, 4.69) is 39.3 Å². The van der Waals surface area contributed by atoms with Crippen molar-refractivity contribution in [2.75, 3.05) is 20.6 Å². The Morgan fingerprint density at radius 2 is 1.88 bits per heavy atom. The number of carbonyl (C=O) groups is 1. The number of likely N-dealkylation sites (N-methyl/N-ethyl adjacent to an activating group) is 1. The average molecular weight is 376 g/mol. The number of benzene rings is 1. The number of carbonyl (C=O) groups excluding carboxylic acids is 1. The van der Waals surface area contributed by atoms with E-state index in [1.807, 2.05) is 26.2 Å². The minimum atomic E-state index is -0.121. The first kappa shape index (κ1) is 20.3. The van der Waals surface area contributed by atoms with E-state index in [9.17, 15) is 9.90 Å². The van der Waals surface area contributed by atoms with Crippen LogP contribution in [0, 0.1) is 0 Å². The van der Waals surface area contributed by atoms with E-state index in [1.165, 1.54) is 5.56 Å². The number of rotatable bonds is 9. The maximum atomic E-state index is 12.3. The van der Waals surface area contributed by atoms with E-state index >= 15 is 0 Å². The second-order valence-electron chi connectivity index (χ2n) is 6.78. The number of amides is 2. The average Bonchev–Trinajstić information content (AvgIpc) is 3.12. The van der Waals surface area contributed by atoms with Crippen LogP contribution >= 0.6 is 11.3 Å². The van der Waals surface area contributed by atoms with Crippen molar-refractivity contribution in [3.63, 3.8) is 0 Å². The zero-order valence-electron chi connectivity index (χ0n) is 15.7. The van der Waals surface area contributed by atoms with Gasteiger partial charge in [-0.05, 0) is 73.4 Å². The summed E-state index contributed by atoms with van der Waals surface area (Å²) in [5, 5.41) is 19.7. The lowest BCUT2D eigenvalue weighted by molar-refractivity contribution is 0.228. The van der Waals surface area contributed by atoms with Gasteiger partial charge in [0.05, 0.1) is 0 Å². The molecule has 2 rings (SSSR count). The summed E-state index contributed by atoms with van der Waals surface area (Å²) in [5.41, 5.74) is 2.40. The Balaban J connectivity index is 1.83. The van der Waals surface area contributed by atoms with Crippen molar-refractivity contribution < 1.29 is 9.90 Å². The molecule has 1 unspecified atom stereocenters. The van der Waals surface area contributed by atoms with Crippen LogP contribution in [0.4, 0.5) is 4.79 Å². The normalized spacial score (nSPS) is 13.4. The molecule has 1 aromatic carbocycles. The van der Waals surface area contributed by atoms with Crippen molar-refractivity contribution in [3.05, 3.63) is 52.2 Å². The van der Waals surface area contributed by atoms with Crippen molar-refractivity contribution in [1.82, 2.24) is 15.5 Å². The zero-order valence-corrected chi connectivity index (χ0v) is 16.6. The number of aromatic hydroxyl groups is 1. The molecule has 0 aliphatic carbocycles. The molecule has 142 valence electrons. The number of hydrogen-bond acceptors (Lipinski definition) is 4. The summed E-state index contributed by atoms with van der Waals surface area (Å²) in [6.45, 7) is 2.65. The number of phenols is 1. The summed E-state index contributed by atoms with van der Waals surface area (Å²) in [7, 11) is 4.02. The lowest BCUT2D eigenvalue weighted by atomic mass is 10.0. The molecule has 0 saturated heterocycles. The highest BCUT2D eigenvalue weighted by Gasteiger charge is 2.16. The van der Waals surface area contributed by atoms with Gasteiger partial charge in [-0.15, -0.1) is 0 Å². The van der Waals surface area contributed by atoms with Gasteiger partial charge in [0, 0.05) is 18.6 Å². The van der Waals surface area contributed by atoms with Gasteiger partial charge in [-0.25, -0.2) is 4.79 Å². The van der Waals surface area contributed by atoms with Crippen LogP contribution in [0.25, 0.3) is 0 Å². The Hall–Kier alpha value is -2.05.